The molecule has 0 aromatic heterocycles. The lowest BCUT2D eigenvalue weighted by atomic mass is 9.49. The van der Waals surface area contributed by atoms with Crippen LogP contribution in [0.4, 0.5) is 10.1 Å². The van der Waals surface area contributed by atoms with E-state index in [1.807, 2.05) is 6.08 Å². The van der Waals surface area contributed by atoms with Crippen LogP contribution in [-0.2, 0) is 29.4 Å². The Bertz CT molecular complexity index is 2060. The van der Waals surface area contributed by atoms with E-state index in [9.17, 15) is 28.7 Å². The number of fused-ring (bicyclic) bond motifs is 4. The standard InChI is InChI=1S/C40H39ClFN3O9/c1-53-25-18-30(46)34(31(19-25)54-2)35-26-15-16-27-33(38(51)44(36(27)49)17-5-3-4-6-32(47)48)28(26)20-29-37(50)45(43-24-13-11-23(42)12-14-24)39(52)40(29,35)21-7-9-22(41)10-8-21/h7-15,18-19,27-29,33,35,43,46H,3-6,16-17,20H2,1-2H3,(H,47,48)/t27-,28+,29-,33-,35+,40+/m0/s1. The molecule has 3 fully saturated rings. The van der Waals surface area contributed by atoms with E-state index >= 15 is 4.79 Å². The van der Waals surface area contributed by atoms with Gasteiger partial charge in [0.25, 0.3) is 11.8 Å². The smallest absolute Gasteiger partial charge is 0.303 e. The van der Waals surface area contributed by atoms with Crippen LogP contribution in [0.25, 0.3) is 0 Å². The number of carboxylic acid groups (broad SMARTS) is 1. The van der Waals surface area contributed by atoms with E-state index in [0.29, 0.717) is 35.4 Å². The second kappa shape index (κ2) is 14.4. The van der Waals surface area contributed by atoms with Gasteiger partial charge in [0.1, 0.15) is 23.1 Å². The van der Waals surface area contributed by atoms with Crippen molar-refractivity contribution in [1.29, 1.82) is 0 Å². The van der Waals surface area contributed by atoms with Crippen LogP contribution in [0.3, 0.4) is 0 Å². The van der Waals surface area contributed by atoms with Gasteiger partial charge in [-0.05, 0) is 73.6 Å². The van der Waals surface area contributed by atoms with Crippen molar-refractivity contribution in [3.05, 3.63) is 94.3 Å². The average molecular weight is 760 g/mol. The second-order valence-electron chi connectivity index (χ2n) is 14.2. The number of nitrogens with one attached hydrogen (secondary N) is 1. The number of imide groups is 2. The lowest BCUT2D eigenvalue weighted by molar-refractivity contribution is -0.141. The molecule has 0 unspecified atom stereocenters. The summed E-state index contributed by atoms with van der Waals surface area (Å²) in [6.07, 6.45) is 3.41. The minimum absolute atomic E-state index is 0.0118. The van der Waals surface area contributed by atoms with Gasteiger partial charge in [0.05, 0.1) is 43.1 Å². The summed E-state index contributed by atoms with van der Waals surface area (Å²) in [7, 11) is 2.84. The Morgan fingerprint density at radius 3 is 2.33 bits per heavy atom. The van der Waals surface area contributed by atoms with Gasteiger partial charge in [-0.2, -0.15) is 5.01 Å². The summed E-state index contributed by atoms with van der Waals surface area (Å²) >= 11 is 6.36. The highest BCUT2D eigenvalue weighted by Crippen LogP contribution is 2.66. The monoisotopic (exact) mass is 759 g/mol. The van der Waals surface area contributed by atoms with Gasteiger partial charge in [0.15, 0.2) is 0 Å². The largest absolute Gasteiger partial charge is 0.507 e. The maximum absolute atomic E-state index is 15.3. The number of hydrazine groups is 1. The zero-order chi connectivity index (χ0) is 38.5. The third-order valence-electron chi connectivity index (χ3n) is 11.5. The fraction of sp³-hybridized carbons (Fsp3) is 0.375. The minimum Gasteiger partial charge on any atom is -0.507 e. The number of unbranched alkanes of at least 4 members (excludes halogenated alkanes) is 2. The third-order valence-corrected chi connectivity index (χ3v) is 11.7. The van der Waals surface area contributed by atoms with Gasteiger partial charge >= 0.3 is 5.97 Å². The summed E-state index contributed by atoms with van der Waals surface area (Å²) in [5.74, 6) is -7.68. The quantitative estimate of drug-likeness (QED) is 0.116. The maximum Gasteiger partial charge on any atom is 0.303 e. The van der Waals surface area contributed by atoms with Crippen LogP contribution in [0.15, 0.2) is 72.3 Å². The average Bonchev–Trinajstić information content (AvgIpc) is 3.52. The minimum atomic E-state index is -1.72. The van der Waals surface area contributed by atoms with Crippen LogP contribution in [0.1, 0.15) is 55.6 Å². The summed E-state index contributed by atoms with van der Waals surface area (Å²) in [6.45, 7) is 0.133. The summed E-state index contributed by atoms with van der Waals surface area (Å²) in [5, 5.41) is 22.2. The van der Waals surface area contributed by atoms with E-state index in [1.54, 1.807) is 30.3 Å². The Labute approximate surface area is 315 Å². The van der Waals surface area contributed by atoms with Crippen molar-refractivity contribution in [3.63, 3.8) is 0 Å². The van der Waals surface area contributed by atoms with Gasteiger partial charge in [0.2, 0.25) is 11.8 Å². The first-order valence-electron chi connectivity index (χ1n) is 17.8. The Morgan fingerprint density at radius 2 is 1.67 bits per heavy atom. The molecule has 0 spiro atoms. The number of halogens is 2. The van der Waals surface area contributed by atoms with E-state index in [-0.39, 0.29) is 66.1 Å². The highest BCUT2D eigenvalue weighted by Gasteiger charge is 2.71. The SMILES string of the molecule is COc1cc(O)c([C@H]2C3=CC[C@@H]4C(=O)N(CCCCCC(=O)O)C(=O)[C@@H]4[C@@H]3C[C@H]3C(=O)N(Nc4ccc(F)cc4)C(=O)[C@@]23c2ccc(Cl)cc2)c(OC)c1. The van der Waals surface area contributed by atoms with Crippen molar-refractivity contribution in [2.24, 2.45) is 23.7 Å². The maximum atomic E-state index is 15.3. The molecule has 2 aliphatic carbocycles. The fourth-order valence-corrected chi connectivity index (χ4v) is 9.27. The number of ether oxygens (including phenoxy) is 2. The predicted molar refractivity (Wildman–Crippen MR) is 193 cm³/mol. The first-order valence-corrected chi connectivity index (χ1v) is 18.2. The van der Waals surface area contributed by atoms with Crippen molar-refractivity contribution in [1.82, 2.24) is 9.91 Å². The highest BCUT2D eigenvalue weighted by molar-refractivity contribution is 6.30. The third kappa shape index (κ3) is 5.94. The molecule has 7 rings (SSSR count). The van der Waals surface area contributed by atoms with Gasteiger partial charge < -0.3 is 19.7 Å². The van der Waals surface area contributed by atoms with Crippen LogP contribution in [0, 0.1) is 29.5 Å². The van der Waals surface area contributed by atoms with E-state index in [4.69, 9.17) is 26.2 Å². The Morgan fingerprint density at radius 1 is 0.944 bits per heavy atom. The number of hydrogen-bond acceptors (Lipinski definition) is 9. The van der Waals surface area contributed by atoms with Crippen molar-refractivity contribution in [2.45, 2.75) is 49.9 Å². The number of rotatable bonds is 12. The van der Waals surface area contributed by atoms with Crippen LogP contribution >= 0.6 is 11.6 Å². The summed E-state index contributed by atoms with van der Waals surface area (Å²) < 4.78 is 25.2. The number of carbonyl (C=O) groups is 5. The molecular weight excluding hydrogens is 721 g/mol. The van der Waals surface area contributed by atoms with E-state index in [1.165, 1.54) is 49.5 Å². The number of nitrogens with zero attached hydrogens (tertiary/aromatic N) is 2. The summed E-state index contributed by atoms with van der Waals surface area (Å²) in [5.41, 5.74) is 2.68. The molecule has 2 heterocycles. The number of carbonyl (C=O) groups excluding carboxylic acids is 4. The number of benzene rings is 3. The Balaban J connectivity index is 1.39. The number of hydrogen-bond donors (Lipinski definition) is 3. The molecule has 3 N–H and O–H groups in total. The summed E-state index contributed by atoms with van der Waals surface area (Å²) in [6, 6.07) is 14.7. The number of aliphatic carboxylic acids is 1. The van der Waals surface area contributed by atoms with Crippen LogP contribution in [-0.4, -0.2) is 70.5 Å². The number of amides is 4. The number of carboxylic acids is 1. The van der Waals surface area contributed by atoms with Gasteiger partial charge in [0, 0.05) is 41.6 Å². The van der Waals surface area contributed by atoms with E-state index in [0.717, 1.165) is 5.01 Å². The molecule has 4 aliphatic rings. The molecule has 54 heavy (non-hydrogen) atoms. The number of methoxy groups -OCH3 is 2. The Hall–Kier alpha value is -5.43. The highest BCUT2D eigenvalue weighted by atomic mass is 35.5. The van der Waals surface area contributed by atoms with Crippen molar-refractivity contribution < 1.29 is 48.0 Å². The molecule has 14 heteroatoms. The molecule has 0 bridgehead atoms. The van der Waals surface area contributed by atoms with Crippen molar-refractivity contribution >= 4 is 46.9 Å². The van der Waals surface area contributed by atoms with Gasteiger partial charge in [-0.25, -0.2) is 4.39 Å². The van der Waals surface area contributed by atoms with Crippen molar-refractivity contribution in [2.75, 3.05) is 26.2 Å². The fourth-order valence-electron chi connectivity index (χ4n) is 9.14. The van der Waals surface area contributed by atoms with Gasteiger partial charge in [-0.1, -0.05) is 41.8 Å². The van der Waals surface area contributed by atoms with Crippen LogP contribution in [0.2, 0.25) is 5.02 Å². The molecule has 2 aliphatic heterocycles. The lowest BCUT2D eigenvalue weighted by Gasteiger charge is -2.50. The summed E-state index contributed by atoms with van der Waals surface area (Å²) in [4.78, 5) is 70.6. The topological polar surface area (TPSA) is 163 Å². The normalized spacial score (nSPS) is 25.9. The molecule has 1 saturated carbocycles. The molecule has 12 nitrogen and oxygen atoms in total. The number of phenols is 1. The number of likely N-dealkylation sites (tertiary alicyclic amines) is 1. The number of anilines is 1. The molecule has 3 aromatic carbocycles. The molecule has 2 saturated heterocycles. The first-order chi connectivity index (χ1) is 25.9. The first kappa shape index (κ1) is 36.9. The molecule has 3 aromatic rings. The number of allylic oxidation sites excluding steroid dienone is 2. The van der Waals surface area contributed by atoms with Crippen LogP contribution < -0.4 is 14.9 Å². The zero-order valence-electron chi connectivity index (χ0n) is 29.6. The molecule has 0 radical (unpaired) electrons. The zero-order valence-corrected chi connectivity index (χ0v) is 30.3. The van der Waals surface area contributed by atoms with E-state index < -0.39 is 58.6 Å². The van der Waals surface area contributed by atoms with Gasteiger partial charge in [-0.15, -0.1) is 0 Å². The predicted octanol–water partition coefficient (Wildman–Crippen LogP) is 5.83. The lowest BCUT2D eigenvalue weighted by Crippen LogP contribution is -2.53. The molecular formula is C40H39ClFN3O9. The Kier molecular flexibility index (Phi) is 9.86. The molecule has 282 valence electrons. The number of aromatic hydroxyl groups is 1. The van der Waals surface area contributed by atoms with Crippen LogP contribution in [0.5, 0.6) is 17.2 Å². The van der Waals surface area contributed by atoms with Crippen molar-refractivity contribution in [3.8, 4) is 17.2 Å². The number of phenolic OH excluding ortho intramolecular Hbond substituents is 1. The molecule has 6 atom stereocenters. The van der Waals surface area contributed by atoms with E-state index in [2.05, 4.69) is 5.43 Å². The van der Waals surface area contributed by atoms with Gasteiger partial charge in [-0.3, -0.25) is 34.3 Å². The molecule has 4 amide bonds. The second-order valence-corrected chi connectivity index (χ2v) is 14.6.